The van der Waals surface area contributed by atoms with Crippen molar-refractivity contribution >= 4 is 11.8 Å². The van der Waals surface area contributed by atoms with Crippen LogP contribution in [0.15, 0.2) is 0 Å². The molecule has 122 valence electrons. The van der Waals surface area contributed by atoms with E-state index < -0.39 is 5.79 Å². The van der Waals surface area contributed by atoms with Gasteiger partial charge in [-0.15, -0.1) is 0 Å². The van der Waals surface area contributed by atoms with E-state index in [-0.39, 0.29) is 37.2 Å². The van der Waals surface area contributed by atoms with Crippen LogP contribution in [0.2, 0.25) is 0 Å². The first-order valence-corrected chi connectivity index (χ1v) is 7.64. The van der Waals surface area contributed by atoms with Gasteiger partial charge in [-0.3, -0.25) is 9.59 Å². The van der Waals surface area contributed by atoms with E-state index in [0.717, 1.165) is 0 Å². The van der Waals surface area contributed by atoms with E-state index in [2.05, 4.69) is 5.32 Å². The lowest BCUT2D eigenvalue weighted by Crippen LogP contribution is -2.57. The van der Waals surface area contributed by atoms with Crippen molar-refractivity contribution in [3.05, 3.63) is 0 Å². The highest BCUT2D eigenvalue weighted by Gasteiger charge is 2.33. The number of carbonyl (C=O) groups excluding carboxylic acids is 2. The van der Waals surface area contributed by atoms with E-state index in [1.54, 1.807) is 16.7 Å². The number of carbonyl (C=O) groups is 2. The van der Waals surface area contributed by atoms with Crippen LogP contribution < -0.4 is 5.32 Å². The fourth-order valence-electron chi connectivity index (χ4n) is 2.42. The molecule has 0 aromatic rings. The quantitative estimate of drug-likeness (QED) is 0.577. The Morgan fingerprint density at radius 1 is 1.29 bits per heavy atom. The van der Waals surface area contributed by atoms with Crippen LogP contribution in [0, 0.1) is 0 Å². The fraction of sp³-hybridized carbons (Fsp3) is 0.857. The summed E-state index contributed by atoms with van der Waals surface area (Å²) in [6.07, 6.45) is 0.315. The van der Waals surface area contributed by atoms with Crippen molar-refractivity contribution in [1.82, 2.24) is 15.1 Å². The van der Waals surface area contributed by atoms with E-state index in [0.29, 0.717) is 26.2 Å². The summed E-state index contributed by atoms with van der Waals surface area (Å²) in [5.41, 5.74) is 0. The van der Waals surface area contributed by atoms with Gasteiger partial charge in [-0.1, -0.05) is 13.8 Å². The third-order valence-electron chi connectivity index (χ3n) is 3.76. The molecule has 2 saturated heterocycles. The number of rotatable bonds is 2. The SMILES string of the molecule is CC.CC1NCCN(CC(=O)N2CCC(O)(O)CC2)C1=O. The molecule has 0 aromatic heterocycles. The second-order valence-electron chi connectivity index (χ2n) is 5.30. The van der Waals surface area contributed by atoms with Gasteiger partial charge in [0.1, 0.15) is 0 Å². The van der Waals surface area contributed by atoms with Crippen LogP contribution in [0.5, 0.6) is 0 Å². The van der Waals surface area contributed by atoms with E-state index in [1.807, 2.05) is 13.8 Å². The van der Waals surface area contributed by atoms with E-state index in [9.17, 15) is 19.8 Å². The number of nitrogens with one attached hydrogen (secondary N) is 1. The topological polar surface area (TPSA) is 93.1 Å². The second kappa shape index (κ2) is 7.72. The zero-order valence-corrected chi connectivity index (χ0v) is 13.1. The Morgan fingerprint density at radius 3 is 2.43 bits per heavy atom. The molecule has 2 heterocycles. The van der Waals surface area contributed by atoms with Crippen LogP contribution in [-0.4, -0.2) is 76.4 Å². The number of hydrogen-bond acceptors (Lipinski definition) is 5. The Kier molecular flexibility index (Phi) is 6.57. The van der Waals surface area contributed by atoms with Gasteiger partial charge in [-0.05, 0) is 6.92 Å². The van der Waals surface area contributed by atoms with Gasteiger partial charge < -0.3 is 25.3 Å². The smallest absolute Gasteiger partial charge is 0.242 e. The third kappa shape index (κ3) is 4.94. The highest BCUT2D eigenvalue weighted by molar-refractivity contribution is 5.87. The highest BCUT2D eigenvalue weighted by atomic mass is 16.5. The minimum atomic E-state index is -1.66. The first-order chi connectivity index (χ1) is 9.89. The Hall–Kier alpha value is -1.18. The fourth-order valence-corrected chi connectivity index (χ4v) is 2.42. The molecule has 2 aliphatic heterocycles. The highest BCUT2D eigenvalue weighted by Crippen LogP contribution is 2.19. The van der Waals surface area contributed by atoms with Crippen molar-refractivity contribution in [2.45, 2.75) is 45.4 Å². The minimum Gasteiger partial charge on any atom is -0.365 e. The van der Waals surface area contributed by atoms with Crippen LogP contribution in [0.25, 0.3) is 0 Å². The lowest BCUT2D eigenvalue weighted by Gasteiger charge is -2.37. The van der Waals surface area contributed by atoms with Crippen LogP contribution in [0.3, 0.4) is 0 Å². The molecular weight excluding hydrogens is 274 g/mol. The number of likely N-dealkylation sites (tertiary alicyclic amines) is 1. The van der Waals surface area contributed by atoms with E-state index in [1.165, 1.54) is 0 Å². The van der Waals surface area contributed by atoms with E-state index >= 15 is 0 Å². The zero-order chi connectivity index (χ0) is 16.0. The van der Waals surface area contributed by atoms with Gasteiger partial charge in [0.2, 0.25) is 11.8 Å². The summed E-state index contributed by atoms with van der Waals surface area (Å²) >= 11 is 0. The maximum Gasteiger partial charge on any atom is 0.242 e. The summed E-state index contributed by atoms with van der Waals surface area (Å²) in [5, 5.41) is 21.9. The Labute approximate surface area is 125 Å². The molecule has 0 aromatic carbocycles. The molecule has 0 aliphatic carbocycles. The maximum absolute atomic E-state index is 12.1. The molecule has 2 amide bonds. The van der Waals surface area contributed by atoms with Crippen molar-refractivity contribution in [1.29, 1.82) is 0 Å². The van der Waals surface area contributed by atoms with Crippen LogP contribution in [0.4, 0.5) is 0 Å². The molecule has 1 unspecified atom stereocenters. The van der Waals surface area contributed by atoms with Gasteiger partial charge in [0, 0.05) is 39.0 Å². The van der Waals surface area contributed by atoms with Gasteiger partial charge in [-0.25, -0.2) is 0 Å². The first-order valence-electron chi connectivity index (χ1n) is 7.64. The molecule has 7 heteroatoms. The average molecular weight is 301 g/mol. The summed E-state index contributed by atoms with van der Waals surface area (Å²) in [6, 6.07) is -0.245. The number of hydrogen-bond donors (Lipinski definition) is 3. The number of aliphatic hydroxyl groups is 2. The van der Waals surface area contributed by atoms with E-state index in [4.69, 9.17) is 0 Å². The maximum atomic E-state index is 12.1. The van der Waals surface area contributed by atoms with Gasteiger partial charge in [0.05, 0.1) is 12.6 Å². The molecule has 21 heavy (non-hydrogen) atoms. The number of amides is 2. The first kappa shape index (κ1) is 17.9. The molecule has 2 fully saturated rings. The molecule has 3 N–H and O–H groups in total. The van der Waals surface area contributed by atoms with Gasteiger partial charge >= 0.3 is 0 Å². The molecule has 0 saturated carbocycles. The van der Waals surface area contributed by atoms with Crippen molar-refractivity contribution < 1.29 is 19.8 Å². The Balaban J connectivity index is 0.00000106. The molecule has 1 atom stereocenters. The normalized spacial score (nSPS) is 25.2. The van der Waals surface area contributed by atoms with Crippen molar-refractivity contribution in [2.75, 3.05) is 32.7 Å². The molecule has 0 radical (unpaired) electrons. The van der Waals surface area contributed by atoms with Crippen molar-refractivity contribution in [3.8, 4) is 0 Å². The molecule has 0 spiro atoms. The zero-order valence-electron chi connectivity index (χ0n) is 13.1. The summed E-state index contributed by atoms with van der Waals surface area (Å²) in [6.45, 7) is 7.73. The van der Waals surface area contributed by atoms with Gasteiger partial charge in [0.25, 0.3) is 0 Å². The molecule has 2 rings (SSSR count). The summed E-state index contributed by atoms with van der Waals surface area (Å²) < 4.78 is 0. The van der Waals surface area contributed by atoms with Crippen LogP contribution in [0.1, 0.15) is 33.6 Å². The monoisotopic (exact) mass is 301 g/mol. The average Bonchev–Trinajstić information content (AvgIpc) is 2.46. The van der Waals surface area contributed by atoms with Crippen LogP contribution >= 0.6 is 0 Å². The lowest BCUT2D eigenvalue weighted by atomic mass is 10.0. The Morgan fingerprint density at radius 2 is 1.86 bits per heavy atom. The molecule has 2 aliphatic rings. The molecular formula is C14H27N3O4. The number of piperazine rings is 1. The van der Waals surface area contributed by atoms with Crippen molar-refractivity contribution in [2.24, 2.45) is 0 Å². The second-order valence-corrected chi connectivity index (χ2v) is 5.30. The number of nitrogens with zero attached hydrogens (tertiary/aromatic N) is 2. The van der Waals surface area contributed by atoms with Crippen LogP contribution in [-0.2, 0) is 9.59 Å². The predicted octanol–water partition coefficient (Wildman–Crippen LogP) is -0.864. The third-order valence-corrected chi connectivity index (χ3v) is 3.76. The summed E-state index contributed by atoms with van der Waals surface area (Å²) in [7, 11) is 0. The molecule has 7 nitrogen and oxygen atoms in total. The minimum absolute atomic E-state index is 0.0599. The van der Waals surface area contributed by atoms with Crippen molar-refractivity contribution in [3.63, 3.8) is 0 Å². The largest absolute Gasteiger partial charge is 0.365 e. The summed E-state index contributed by atoms with van der Waals surface area (Å²) in [4.78, 5) is 27.1. The lowest BCUT2D eigenvalue weighted by molar-refractivity contribution is -0.191. The predicted molar refractivity (Wildman–Crippen MR) is 78.4 cm³/mol. The number of piperidine rings is 1. The molecule has 0 bridgehead atoms. The summed E-state index contributed by atoms with van der Waals surface area (Å²) in [5.74, 6) is -1.84. The standard InChI is InChI=1S/C12H21N3O4.C2H6/c1-9-11(17)15(7-4-13-9)8-10(16)14-5-2-12(18,19)3-6-14;1-2/h9,13,18-19H,2-8H2,1H3;1-2H3. The van der Waals surface area contributed by atoms with Gasteiger partial charge in [0.15, 0.2) is 5.79 Å². The van der Waals surface area contributed by atoms with Gasteiger partial charge in [-0.2, -0.15) is 0 Å². The Bertz CT molecular complexity index is 363.